The number of carbonyl (C=O) groups is 1. The van der Waals surface area contributed by atoms with Gasteiger partial charge in [0.25, 0.3) is 5.88 Å². The van der Waals surface area contributed by atoms with E-state index in [1.165, 1.54) is 5.56 Å². The molecule has 0 radical (unpaired) electrons. The Labute approximate surface area is 211 Å². The summed E-state index contributed by atoms with van der Waals surface area (Å²) in [5.41, 5.74) is 2.29. The molecular weight excluding hydrogens is 462 g/mol. The number of rotatable bonds is 5. The highest BCUT2D eigenvalue weighted by Gasteiger charge is 2.31. The molecule has 2 fully saturated rings. The molecule has 3 heterocycles. The van der Waals surface area contributed by atoms with Gasteiger partial charge in [-0.2, -0.15) is 0 Å². The van der Waals surface area contributed by atoms with E-state index in [4.69, 9.17) is 16.3 Å². The van der Waals surface area contributed by atoms with E-state index < -0.39 is 0 Å². The Morgan fingerprint density at radius 1 is 0.914 bits per heavy atom. The summed E-state index contributed by atoms with van der Waals surface area (Å²) in [6.45, 7) is 6.68. The zero-order valence-electron chi connectivity index (χ0n) is 19.9. The number of nitrogens with zero attached hydrogens (tertiary/aromatic N) is 5. The van der Waals surface area contributed by atoms with Gasteiger partial charge in [-0.25, -0.2) is 9.97 Å². The molecule has 1 aromatic heterocycles. The van der Waals surface area contributed by atoms with Crippen LogP contribution in [0, 0.1) is 12.8 Å². The molecule has 3 aromatic rings. The van der Waals surface area contributed by atoms with Crippen LogP contribution in [-0.2, 0) is 4.79 Å². The van der Waals surface area contributed by atoms with E-state index in [1.807, 2.05) is 54.3 Å². The number of piperazine rings is 1. The lowest BCUT2D eigenvalue weighted by molar-refractivity contribution is -0.136. The standard InChI is InChI=1S/C27H30ClN5O2/c1-20-5-7-24(8-6-20)35-26-25(29-11-12-30-26)32-13-9-21(10-14-32)27(34)33-17-15-31(16-18-33)23-4-2-3-22(28)19-23/h2-8,11-12,19,21H,9-10,13-18H2,1H3. The first-order valence-electron chi connectivity index (χ1n) is 12.2. The Bertz CT molecular complexity index is 1160. The molecule has 0 saturated carbocycles. The average molecular weight is 492 g/mol. The first kappa shape index (κ1) is 23.4. The maximum absolute atomic E-state index is 13.2. The van der Waals surface area contributed by atoms with Crippen LogP contribution in [0.25, 0.3) is 0 Å². The van der Waals surface area contributed by atoms with Crippen LogP contribution in [0.1, 0.15) is 18.4 Å². The molecule has 0 N–H and O–H groups in total. The van der Waals surface area contributed by atoms with Crippen molar-refractivity contribution in [2.45, 2.75) is 19.8 Å². The van der Waals surface area contributed by atoms with Gasteiger partial charge in [-0.15, -0.1) is 0 Å². The molecule has 0 atom stereocenters. The third-order valence-electron chi connectivity index (χ3n) is 6.79. The highest BCUT2D eigenvalue weighted by atomic mass is 35.5. The maximum atomic E-state index is 13.2. The maximum Gasteiger partial charge on any atom is 0.263 e. The number of aromatic nitrogens is 2. The summed E-state index contributed by atoms with van der Waals surface area (Å²) in [6, 6.07) is 15.8. The number of carbonyl (C=O) groups excluding carboxylic acids is 1. The number of amides is 1. The molecule has 0 unspecified atom stereocenters. The molecule has 0 bridgehead atoms. The van der Waals surface area contributed by atoms with Gasteiger partial charge in [0.05, 0.1) is 0 Å². The SMILES string of the molecule is Cc1ccc(Oc2nccnc2N2CCC(C(=O)N3CCN(c4cccc(Cl)c4)CC3)CC2)cc1. The average Bonchev–Trinajstić information content (AvgIpc) is 2.90. The first-order chi connectivity index (χ1) is 17.1. The highest BCUT2D eigenvalue weighted by molar-refractivity contribution is 6.30. The monoisotopic (exact) mass is 491 g/mol. The van der Waals surface area contributed by atoms with Crippen LogP contribution in [0.4, 0.5) is 11.5 Å². The van der Waals surface area contributed by atoms with E-state index >= 15 is 0 Å². The zero-order chi connectivity index (χ0) is 24.2. The van der Waals surface area contributed by atoms with E-state index in [9.17, 15) is 4.79 Å². The van der Waals surface area contributed by atoms with Crippen LogP contribution in [-0.4, -0.2) is 60.0 Å². The highest BCUT2D eigenvalue weighted by Crippen LogP contribution is 2.32. The predicted molar refractivity (Wildman–Crippen MR) is 138 cm³/mol. The minimum atomic E-state index is 0.0436. The van der Waals surface area contributed by atoms with Gasteiger partial charge in [-0.05, 0) is 50.1 Å². The third kappa shape index (κ3) is 5.51. The number of ether oxygens (including phenoxy) is 1. The summed E-state index contributed by atoms with van der Waals surface area (Å²) in [5, 5.41) is 0.739. The predicted octanol–water partition coefficient (Wildman–Crippen LogP) is 4.80. The number of piperidine rings is 1. The second kappa shape index (κ2) is 10.5. The van der Waals surface area contributed by atoms with E-state index in [-0.39, 0.29) is 11.8 Å². The van der Waals surface area contributed by atoms with Crippen molar-refractivity contribution in [2.24, 2.45) is 5.92 Å². The number of halogens is 1. The first-order valence-corrected chi connectivity index (χ1v) is 12.5. The number of aryl methyl sites for hydroxylation is 1. The molecule has 2 saturated heterocycles. The summed E-state index contributed by atoms with van der Waals surface area (Å²) in [4.78, 5) is 28.7. The van der Waals surface area contributed by atoms with E-state index in [2.05, 4.69) is 25.8 Å². The Morgan fingerprint density at radius 3 is 2.34 bits per heavy atom. The van der Waals surface area contributed by atoms with Crippen molar-refractivity contribution in [3.63, 3.8) is 0 Å². The quantitative estimate of drug-likeness (QED) is 0.511. The molecule has 1 amide bonds. The van der Waals surface area contributed by atoms with Crippen LogP contribution in [0.15, 0.2) is 60.9 Å². The normalized spacial score (nSPS) is 16.9. The zero-order valence-corrected chi connectivity index (χ0v) is 20.7. The lowest BCUT2D eigenvalue weighted by Gasteiger charge is -2.39. The minimum absolute atomic E-state index is 0.0436. The van der Waals surface area contributed by atoms with Crippen molar-refractivity contribution in [1.82, 2.24) is 14.9 Å². The van der Waals surface area contributed by atoms with Crippen LogP contribution < -0.4 is 14.5 Å². The summed E-state index contributed by atoms with van der Waals surface area (Å²) in [6.07, 6.45) is 4.93. The number of hydrogen-bond acceptors (Lipinski definition) is 6. The fourth-order valence-corrected chi connectivity index (χ4v) is 4.96. The number of hydrogen-bond donors (Lipinski definition) is 0. The van der Waals surface area contributed by atoms with Crippen molar-refractivity contribution in [3.8, 4) is 11.6 Å². The molecule has 2 aromatic carbocycles. The van der Waals surface area contributed by atoms with E-state index in [0.29, 0.717) is 5.88 Å². The molecule has 2 aliphatic heterocycles. The molecular formula is C27H30ClN5O2. The minimum Gasteiger partial charge on any atom is -0.436 e. The second-order valence-electron chi connectivity index (χ2n) is 9.15. The molecule has 35 heavy (non-hydrogen) atoms. The summed E-state index contributed by atoms with van der Waals surface area (Å²) >= 11 is 6.15. The molecule has 8 heteroatoms. The number of anilines is 2. The molecule has 0 aliphatic carbocycles. The Kier molecular flexibility index (Phi) is 7.04. The summed E-state index contributed by atoms with van der Waals surface area (Å²) in [7, 11) is 0. The second-order valence-corrected chi connectivity index (χ2v) is 9.59. The van der Waals surface area contributed by atoms with Gasteiger partial charge in [0, 0.05) is 68.3 Å². The van der Waals surface area contributed by atoms with Gasteiger partial charge >= 0.3 is 0 Å². The fraction of sp³-hybridized carbons (Fsp3) is 0.370. The largest absolute Gasteiger partial charge is 0.436 e. The van der Waals surface area contributed by atoms with Crippen LogP contribution in [0.2, 0.25) is 5.02 Å². The van der Waals surface area contributed by atoms with Gasteiger partial charge in [0.15, 0.2) is 5.82 Å². The van der Waals surface area contributed by atoms with Crippen LogP contribution >= 0.6 is 11.6 Å². The number of benzene rings is 2. The van der Waals surface area contributed by atoms with Crippen molar-refractivity contribution in [3.05, 3.63) is 71.5 Å². The lowest BCUT2D eigenvalue weighted by Crippen LogP contribution is -2.51. The smallest absolute Gasteiger partial charge is 0.263 e. The van der Waals surface area contributed by atoms with Gasteiger partial charge in [-0.1, -0.05) is 35.4 Å². The fourth-order valence-electron chi connectivity index (χ4n) is 4.78. The summed E-state index contributed by atoms with van der Waals surface area (Å²) in [5.74, 6) is 2.28. The van der Waals surface area contributed by atoms with Gasteiger partial charge in [-0.3, -0.25) is 4.79 Å². The third-order valence-corrected chi connectivity index (χ3v) is 7.03. The van der Waals surface area contributed by atoms with Crippen molar-refractivity contribution < 1.29 is 9.53 Å². The Hall–Kier alpha value is -3.32. The lowest BCUT2D eigenvalue weighted by atomic mass is 9.95. The van der Waals surface area contributed by atoms with Crippen molar-refractivity contribution in [2.75, 3.05) is 49.1 Å². The topological polar surface area (TPSA) is 61.8 Å². The molecule has 7 nitrogen and oxygen atoms in total. The van der Waals surface area contributed by atoms with E-state index in [1.54, 1.807) is 12.4 Å². The summed E-state index contributed by atoms with van der Waals surface area (Å²) < 4.78 is 6.04. The Morgan fingerprint density at radius 2 is 1.63 bits per heavy atom. The van der Waals surface area contributed by atoms with Gasteiger partial charge < -0.3 is 19.4 Å². The van der Waals surface area contributed by atoms with E-state index in [0.717, 1.165) is 74.4 Å². The molecule has 2 aliphatic rings. The van der Waals surface area contributed by atoms with Gasteiger partial charge in [0.1, 0.15) is 5.75 Å². The molecule has 0 spiro atoms. The van der Waals surface area contributed by atoms with Crippen LogP contribution in [0.5, 0.6) is 11.6 Å². The van der Waals surface area contributed by atoms with Crippen LogP contribution in [0.3, 0.4) is 0 Å². The Balaban J connectivity index is 1.16. The van der Waals surface area contributed by atoms with Crippen molar-refractivity contribution >= 4 is 29.0 Å². The molecule has 182 valence electrons. The van der Waals surface area contributed by atoms with Crippen molar-refractivity contribution in [1.29, 1.82) is 0 Å². The molecule has 5 rings (SSSR count). The van der Waals surface area contributed by atoms with Gasteiger partial charge in [0.2, 0.25) is 5.91 Å².